The second-order valence-corrected chi connectivity index (χ2v) is 7.46. The number of benzene rings is 2. The van der Waals surface area contributed by atoms with Crippen molar-refractivity contribution in [1.29, 1.82) is 0 Å². The molecular weight excluding hydrogens is 388 g/mol. The van der Waals surface area contributed by atoms with Gasteiger partial charge in [0.2, 0.25) is 6.79 Å². The summed E-state index contributed by atoms with van der Waals surface area (Å²) in [6.45, 7) is 3.22. The summed E-state index contributed by atoms with van der Waals surface area (Å²) < 4.78 is 10.7. The smallest absolute Gasteiger partial charge is 0.265 e. The van der Waals surface area contributed by atoms with E-state index in [-0.39, 0.29) is 18.6 Å². The number of nitrogens with one attached hydrogen (secondary N) is 1. The first-order chi connectivity index (χ1) is 14.1. The number of rotatable bonds is 6. The second-order valence-electron chi connectivity index (χ2n) is 6.52. The summed E-state index contributed by atoms with van der Waals surface area (Å²) in [5, 5.41) is 4.70. The van der Waals surface area contributed by atoms with Gasteiger partial charge in [-0.05, 0) is 60.3 Å². The molecule has 0 fully saturated rings. The third kappa shape index (κ3) is 4.25. The Hall–Kier alpha value is -3.32. The van der Waals surface area contributed by atoms with E-state index in [0.29, 0.717) is 35.0 Å². The highest BCUT2D eigenvalue weighted by Crippen LogP contribution is 2.32. The van der Waals surface area contributed by atoms with Crippen LogP contribution in [0.2, 0.25) is 0 Å². The minimum atomic E-state index is -0.155. The van der Waals surface area contributed by atoms with Crippen molar-refractivity contribution in [2.45, 2.75) is 13.5 Å². The summed E-state index contributed by atoms with van der Waals surface area (Å²) in [6, 6.07) is 16.3. The van der Waals surface area contributed by atoms with Crippen LogP contribution in [-0.4, -0.2) is 30.1 Å². The van der Waals surface area contributed by atoms with E-state index >= 15 is 0 Å². The number of thiophene rings is 1. The van der Waals surface area contributed by atoms with E-state index in [9.17, 15) is 9.59 Å². The molecule has 0 unspecified atom stereocenters. The van der Waals surface area contributed by atoms with E-state index in [1.807, 2.05) is 36.6 Å². The van der Waals surface area contributed by atoms with Gasteiger partial charge in [-0.25, -0.2) is 0 Å². The van der Waals surface area contributed by atoms with Crippen LogP contribution in [0.15, 0.2) is 60.0 Å². The Labute approximate surface area is 172 Å². The zero-order valence-corrected chi connectivity index (χ0v) is 16.7. The average Bonchev–Trinajstić information content (AvgIpc) is 3.43. The Morgan fingerprint density at radius 1 is 1.07 bits per heavy atom. The summed E-state index contributed by atoms with van der Waals surface area (Å²) >= 11 is 1.38. The Balaban J connectivity index is 1.42. The highest BCUT2D eigenvalue weighted by atomic mass is 32.1. The third-order valence-electron chi connectivity index (χ3n) is 4.61. The number of fused-ring (bicyclic) bond motifs is 1. The Kier molecular flexibility index (Phi) is 5.48. The van der Waals surface area contributed by atoms with Crippen molar-refractivity contribution in [3.8, 4) is 11.5 Å². The second kappa shape index (κ2) is 8.36. The quantitative estimate of drug-likeness (QED) is 0.657. The molecule has 0 saturated heterocycles. The molecule has 0 saturated carbocycles. The zero-order valence-electron chi connectivity index (χ0n) is 15.9. The summed E-state index contributed by atoms with van der Waals surface area (Å²) in [6.07, 6.45) is 0. The molecule has 1 aliphatic rings. The molecule has 1 aliphatic heterocycles. The largest absolute Gasteiger partial charge is 0.454 e. The average molecular weight is 408 g/mol. The summed E-state index contributed by atoms with van der Waals surface area (Å²) in [7, 11) is 0. The van der Waals surface area contributed by atoms with Gasteiger partial charge in [0.05, 0.1) is 4.88 Å². The number of carbonyl (C=O) groups excluding carboxylic acids is 2. The molecular formula is C22H20N2O4S. The minimum absolute atomic E-state index is 0.0682. The van der Waals surface area contributed by atoms with Gasteiger partial charge in [0, 0.05) is 24.3 Å². The maximum atomic E-state index is 12.9. The number of hydrogen-bond donors (Lipinski definition) is 1. The van der Waals surface area contributed by atoms with Gasteiger partial charge in [-0.15, -0.1) is 11.3 Å². The van der Waals surface area contributed by atoms with Crippen LogP contribution in [0.1, 0.15) is 32.5 Å². The van der Waals surface area contributed by atoms with Crippen molar-refractivity contribution >= 4 is 28.8 Å². The molecule has 148 valence electrons. The maximum Gasteiger partial charge on any atom is 0.265 e. The summed E-state index contributed by atoms with van der Waals surface area (Å²) in [5.74, 6) is 1.21. The maximum absolute atomic E-state index is 12.9. The van der Waals surface area contributed by atoms with E-state index < -0.39 is 0 Å². The molecule has 0 bridgehead atoms. The first-order valence-electron chi connectivity index (χ1n) is 9.27. The van der Waals surface area contributed by atoms with Gasteiger partial charge in [0.25, 0.3) is 11.8 Å². The van der Waals surface area contributed by atoms with Crippen LogP contribution in [-0.2, 0) is 6.54 Å². The Morgan fingerprint density at radius 2 is 1.86 bits per heavy atom. The lowest BCUT2D eigenvalue weighted by Crippen LogP contribution is -2.30. The van der Waals surface area contributed by atoms with E-state index in [1.54, 1.807) is 35.2 Å². The predicted octanol–water partition coefficient (Wildman–Crippen LogP) is 4.39. The molecule has 1 aromatic heterocycles. The fourth-order valence-electron chi connectivity index (χ4n) is 3.07. The molecule has 0 spiro atoms. The van der Waals surface area contributed by atoms with E-state index in [4.69, 9.17) is 9.47 Å². The Morgan fingerprint density at radius 3 is 2.59 bits per heavy atom. The van der Waals surface area contributed by atoms with Gasteiger partial charge < -0.3 is 19.7 Å². The van der Waals surface area contributed by atoms with Gasteiger partial charge in [-0.2, -0.15) is 0 Å². The number of amides is 2. The number of ether oxygens (including phenoxy) is 2. The molecule has 7 heteroatoms. The molecule has 0 aliphatic carbocycles. The van der Waals surface area contributed by atoms with Crippen LogP contribution in [0.3, 0.4) is 0 Å². The lowest BCUT2D eigenvalue weighted by molar-refractivity contribution is 0.0752. The summed E-state index contributed by atoms with van der Waals surface area (Å²) in [5.41, 5.74) is 2.20. The van der Waals surface area contributed by atoms with Crippen molar-refractivity contribution in [3.63, 3.8) is 0 Å². The summed E-state index contributed by atoms with van der Waals surface area (Å²) in [4.78, 5) is 27.5. The highest BCUT2D eigenvalue weighted by molar-refractivity contribution is 7.12. The predicted molar refractivity (Wildman–Crippen MR) is 112 cm³/mol. The molecule has 0 atom stereocenters. The molecule has 4 rings (SSSR count). The van der Waals surface area contributed by atoms with Crippen LogP contribution in [0, 0.1) is 0 Å². The molecule has 1 N–H and O–H groups in total. The van der Waals surface area contributed by atoms with E-state index in [0.717, 1.165) is 11.3 Å². The lowest BCUT2D eigenvalue weighted by Gasteiger charge is -2.21. The fraction of sp³-hybridized carbons (Fsp3) is 0.182. The molecule has 2 heterocycles. The van der Waals surface area contributed by atoms with Gasteiger partial charge in [0.15, 0.2) is 11.5 Å². The molecule has 2 amide bonds. The normalized spacial score (nSPS) is 11.9. The highest BCUT2D eigenvalue weighted by Gasteiger charge is 2.18. The number of nitrogens with zero attached hydrogens (tertiary/aromatic N) is 1. The van der Waals surface area contributed by atoms with Crippen molar-refractivity contribution in [2.75, 3.05) is 18.7 Å². The molecule has 29 heavy (non-hydrogen) atoms. The Bertz CT molecular complexity index is 1020. The molecule has 2 aromatic carbocycles. The first kappa shape index (κ1) is 19.0. The van der Waals surface area contributed by atoms with Crippen LogP contribution in [0.4, 0.5) is 5.69 Å². The lowest BCUT2D eigenvalue weighted by atomic mass is 10.1. The van der Waals surface area contributed by atoms with Crippen molar-refractivity contribution in [1.82, 2.24) is 4.90 Å². The number of anilines is 1. The SMILES string of the molecule is CCN(Cc1ccc2c(c1)OCO2)C(=O)c1ccc(NC(=O)c2cccs2)cc1. The van der Waals surface area contributed by atoms with E-state index in [2.05, 4.69) is 5.32 Å². The van der Waals surface area contributed by atoms with Gasteiger partial charge in [-0.3, -0.25) is 9.59 Å². The van der Waals surface area contributed by atoms with Crippen LogP contribution in [0.5, 0.6) is 11.5 Å². The molecule has 3 aromatic rings. The van der Waals surface area contributed by atoms with Crippen LogP contribution in [0.25, 0.3) is 0 Å². The van der Waals surface area contributed by atoms with E-state index in [1.165, 1.54) is 11.3 Å². The third-order valence-corrected chi connectivity index (χ3v) is 5.48. The van der Waals surface area contributed by atoms with Crippen molar-refractivity contribution in [2.24, 2.45) is 0 Å². The topological polar surface area (TPSA) is 67.9 Å². The van der Waals surface area contributed by atoms with Gasteiger partial charge in [0.1, 0.15) is 0 Å². The molecule has 0 radical (unpaired) electrons. The monoisotopic (exact) mass is 408 g/mol. The van der Waals surface area contributed by atoms with Gasteiger partial charge in [-0.1, -0.05) is 12.1 Å². The van der Waals surface area contributed by atoms with Crippen molar-refractivity contribution in [3.05, 3.63) is 76.0 Å². The minimum Gasteiger partial charge on any atom is -0.454 e. The number of hydrogen-bond acceptors (Lipinski definition) is 5. The van der Waals surface area contributed by atoms with Crippen LogP contribution < -0.4 is 14.8 Å². The van der Waals surface area contributed by atoms with Gasteiger partial charge >= 0.3 is 0 Å². The standard InChI is InChI=1S/C22H20N2O4S/c1-2-24(13-15-5-10-18-19(12-15)28-14-27-18)22(26)16-6-8-17(9-7-16)23-21(25)20-4-3-11-29-20/h3-12H,2,13-14H2,1H3,(H,23,25). The zero-order chi connectivity index (χ0) is 20.2. The van der Waals surface area contributed by atoms with Crippen LogP contribution >= 0.6 is 11.3 Å². The first-order valence-corrected chi connectivity index (χ1v) is 10.1. The molecule has 6 nitrogen and oxygen atoms in total. The number of carbonyl (C=O) groups is 2. The fourth-order valence-corrected chi connectivity index (χ4v) is 3.69. The van der Waals surface area contributed by atoms with Crippen molar-refractivity contribution < 1.29 is 19.1 Å².